The number of rotatable bonds is 4. The zero-order chi connectivity index (χ0) is 17.0. The van der Waals surface area contributed by atoms with Crippen molar-refractivity contribution in [3.05, 3.63) is 45.9 Å². The summed E-state index contributed by atoms with van der Waals surface area (Å²) < 4.78 is 6.41. The topological polar surface area (TPSA) is 69.4 Å². The molecule has 0 aliphatic carbocycles. The van der Waals surface area contributed by atoms with Crippen LogP contribution < -0.4 is 10.3 Å². The first-order chi connectivity index (χ1) is 10.9. The van der Waals surface area contributed by atoms with E-state index in [9.17, 15) is 4.79 Å². The first-order valence-corrected chi connectivity index (χ1v) is 8.32. The number of hydrogen-bond donors (Lipinski definition) is 0. The van der Waals surface area contributed by atoms with Gasteiger partial charge in [0.1, 0.15) is 11.4 Å². The quantitative estimate of drug-likeness (QED) is 0.636. The second kappa shape index (κ2) is 6.95. The minimum atomic E-state index is -0.390. The van der Waals surface area contributed by atoms with E-state index in [2.05, 4.69) is 15.3 Å². The predicted molar refractivity (Wildman–Crippen MR) is 92.8 cm³/mol. The fourth-order valence-electron chi connectivity index (χ4n) is 1.88. The van der Waals surface area contributed by atoms with Crippen LogP contribution in [0.1, 0.15) is 32.0 Å². The Kier molecular flexibility index (Phi) is 5.20. The third kappa shape index (κ3) is 3.98. The van der Waals surface area contributed by atoms with Crippen molar-refractivity contribution in [2.75, 3.05) is 13.4 Å². The summed E-state index contributed by atoms with van der Waals surface area (Å²) in [5.74, 6) is 0.768. The van der Waals surface area contributed by atoms with E-state index in [4.69, 9.17) is 4.74 Å². The van der Waals surface area contributed by atoms with Crippen LogP contribution in [0.25, 0.3) is 0 Å². The van der Waals surface area contributed by atoms with Crippen LogP contribution in [0.2, 0.25) is 0 Å². The van der Waals surface area contributed by atoms with Gasteiger partial charge in [0.25, 0.3) is 5.56 Å². The molecule has 0 saturated carbocycles. The molecule has 122 valence electrons. The maximum atomic E-state index is 12.6. The molecule has 0 aliphatic heterocycles. The number of nitrogens with zero attached hydrogens (tertiary/aromatic N) is 4. The Morgan fingerprint density at radius 3 is 2.39 bits per heavy atom. The standard InChI is InChI=1S/C16H20N4O2S/c1-16(2,3)13-14(21)20(15(23-5)19-18-13)17-10-11-6-8-12(22-4)9-7-11/h6-10H,1-5H3/b17-10-. The van der Waals surface area contributed by atoms with Crippen molar-refractivity contribution in [1.82, 2.24) is 14.9 Å². The van der Waals surface area contributed by atoms with E-state index in [0.29, 0.717) is 10.9 Å². The van der Waals surface area contributed by atoms with Gasteiger partial charge < -0.3 is 4.74 Å². The lowest BCUT2D eigenvalue weighted by atomic mass is 9.93. The average molecular weight is 332 g/mol. The normalized spacial score (nSPS) is 11.9. The Morgan fingerprint density at radius 2 is 1.87 bits per heavy atom. The molecule has 0 N–H and O–H groups in total. The Labute approximate surface area is 139 Å². The minimum Gasteiger partial charge on any atom is -0.497 e. The number of benzene rings is 1. The summed E-state index contributed by atoms with van der Waals surface area (Å²) in [4.78, 5) is 12.6. The van der Waals surface area contributed by atoms with E-state index < -0.39 is 5.41 Å². The Hall–Kier alpha value is -2.15. The molecule has 6 nitrogen and oxygen atoms in total. The maximum absolute atomic E-state index is 12.6. The zero-order valence-corrected chi connectivity index (χ0v) is 14.7. The molecule has 0 saturated heterocycles. The van der Waals surface area contributed by atoms with Crippen molar-refractivity contribution >= 4 is 18.0 Å². The van der Waals surface area contributed by atoms with Crippen LogP contribution in [0.3, 0.4) is 0 Å². The summed E-state index contributed by atoms with van der Waals surface area (Å²) in [7, 11) is 1.62. The van der Waals surface area contributed by atoms with Crippen molar-refractivity contribution in [3.63, 3.8) is 0 Å². The van der Waals surface area contributed by atoms with Gasteiger partial charge in [0.05, 0.1) is 13.3 Å². The lowest BCUT2D eigenvalue weighted by Crippen LogP contribution is -2.32. The van der Waals surface area contributed by atoms with Gasteiger partial charge in [-0.1, -0.05) is 32.5 Å². The molecule has 0 aliphatic rings. The van der Waals surface area contributed by atoms with Crippen LogP contribution in [0.5, 0.6) is 5.75 Å². The Morgan fingerprint density at radius 1 is 1.22 bits per heavy atom. The second-order valence-corrected chi connectivity index (χ2v) is 6.69. The SMILES string of the molecule is COc1ccc(/C=N\n2c(SC)nnc(C(C)(C)C)c2=O)cc1. The molecule has 0 atom stereocenters. The van der Waals surface area contributed by atoms with Gasteiger partial charge in [0.15, 0.2) is 0 Å². The van der Waals surface area contributed by atoms with Gasteiger partial charge in [0.2, 0.25) is 5.16 Å². The molecule has 1 heterocycles. The van der Waals surface area contributed by atoms with Gasteiger partial charge in [-0.2, -0.15) is 9.78 Å². The van der Waals surface area contributed by atoms with E-state index in [0.717, 1.165) is 11.3 Å². The highest BCUT2D eigenvalue weighted by molar-refractivity contribution is 7.98. The lowest BCUT2D eigenvalue weighted by Gasteiger charge is -2.16. The smallest absolute Gasteiger partial charge is 0.297 e. The van der Waals surface area contributed by atoms with Crippen molar-refractivity contribution in [2.24, 2.45) is 5.10 Å². The molecule has 7 heteroatoms. The largest absolute Gasteiger partial charge is 0.497 e. The maximum Gasteiger partial charge on any atom is 0.297 e. The highest BCUT2D eigenvalue weighted by Crippen LogP contribution is 2.17. The van der Waals surface area contributed by atoms with E-state index in [1.165, 1.54) is 16.4 Å². The van der Waals surface area contributed by atoms with Gasteiger partial charge in [-0.3, -0.25) is 4.79 Å². The van der Waals surface area contributed by atoms with Crippen LogP contribution >= 0.6 is 11.8 Å². The molecule has 2 aromatic rings. The fraction of sp³-hybridized carbons (Fsp3) is 0.375. The first-order valence-electron chi connectivity index (χ1n) is 7.09. The predicted octanol–water partition coefficient (Wildman–Crippen LogP) is 2.55. The fourth-order valence-corrected chi connectivity index (χ4v) is 2.30. The van der Waals surface area contributed by atoms with E-state index in [1.54, 1.807) is 13.3 Å². The summed E-state index contributed by atoms with van der Waals surface area (Å²) >= 11 is 1.33. The van der Waals surface area contributed by atoms with Crippen LogP contribution in [0.15, 0.2) is 39.3 Å². The van der Waals surface area contributed by atoms with Gasteiger partial charge >= 0.3 is 0 Å². The molecule has 1 aromatic heterocycles. The van der Waals surface area contributed by atoms with Crippen LogP contribution in [0, 0.1) is 0 Å². The van der Waals surface area contributed by atoms with E-state index in [-0.39, 0.29) is 5.56 Å². The number of ether oxygens (including phenoxy) is 1. The molecule has 0 amide bonds. The molecule has 1 aromatic carbocycles. The number of methoxy groups -OCH3 is 1. The monoisotopic (exact) mass is 332 g/mol. The lowest BCUT2D eigenvalue weighted by molar-refractivity contribution is 0.415. The number of thioether (sulfide) groups is 1. The molecule has 2 rings (SSSR count). The van der Waals surface area contributed by atoms with E-state index in [1.807, 2.05) is 51.3 Å². The second-order valence-electron chi connectivity index (χ2n) is 5.92. The van der Waals surface area contributed by atoms with Gasteiger partial charge in [-0.15, -0.1) is 10.2 Å². The van der Waals surface area contributed by atoms with Crippen LogP contribution in [-0.4, -0.2) is 34.5 Å². The summed E-state index contributed by atoms with van der Waals surface area (Å²) in [6, 6.07) is 7.41. The van der Waals surface area contributed by atoms with Gasteiger partial charge in [-0.25, -0.2) is 0 Å². The van der Waals surface area contributed by atoms with Gasteiger partial charge in [0, 0.05) is 5.41 Å². The van der Waals surface area contributed by atoms with Crippen LogP contribution in [-0.2, 0) is 5.41 Å². The first kappa shape index (κ1) is 17.2. The molecule has 0 spiro atoms. The Balaban J connectivity index is 2.44. The summed E-state index contributed by atoms with van der Waals surface area (Å²) in [6.07, 6.45) is 3.45. The summed E-state index contributed by atoms with van der Waals surface area (Å²) in [5, 5.41) is 12.9. The zero-order valence-electron chi connectivity index (χ0n) is 13.9. The van der Waals surface area contributed by atoms with Crippen molar-refractivity contribution in [1.29, 1.82) is 0 Å². The van der Waals surface area contributed by atoms with Crippen molar-refractivity contribution in [3.8, 4) is 5.75 Å². The van der Waals surface area contributed by atoms with Crippen LogP contribution in [0.4, 0.5) is 0 Å². The molecular weight excluding hydrogens is 312 g/mol. The molecule has 0 radical (unpaired) electrons. The van der Waals surface area contributed by atoms with E-state index >= 15 is 0 Å². The summed E-state index contributed by atoms with van der Waals surface area (Å²) in [5.41, 5.74) is 0.612. The minimum absolute atomic E-state index is 0.249. The number of hydrogen-bond acceptors (Lipinski definition) is 6. The van der Waals surface area contributed by atoms with Crippen molar-refractivity contribution < 1.29 is 4.74 Å². The average Bonchev–Trinajstić information content (AvgIpc) is 2.52. The third-order valence-corrected chi connectivity index (χ3v) is 3.76. The number of aromatic nitrogens is 3. The van der Waals surface area contributed by atoms with Gasteiger partial charge in [-0.05, 0) is 36.1 Å². The third-order valence-electron chi connectivity index (χ3n) is 3.14. The van der Waals surface area contributed by atoms with Crippen molar-refractivity contribution in [2.45, 2.75) is 31.3 Å². The molecule has 23 heavy (non-hydrogen) atoms. The highest BCUT2D eigenvalue weighted by Gasteiger charge is 2.23. The molecule has 0 fully saturated rings. The molecule has 0 unspecified atom stereocenters. The molecule has 0 bridgehead atoms. The highest BCUT2D eigenvalue weighted by atomic mass is 32.2. The Bertz CT molecular complexity index is 761. The molecular formula is C16H20N4O2S. The summed E-state index contributed by atoms with van der Waals surface area (Å²) in [6.45, 7) is 5.78.